The fraction of sp³-hybridized carbons (Fsp3) is 0. The Morgan fingerprint density at radius 1 is 1.25 bits per heavy atom. The molecule has 0 rings (SSSR count). The van der Waals surface area contributed by atoms with Gasteiger partial charge in [0.25, 0.3) is 0 Å². The van der Waals surface area contributed by atoms with Crippen molar-refractivity contribution >= 4 is 49.6 Å². The maximum Gasteiger partial charge on any atom is 2.00 e. The molecular weight excluding hydrogens is 108 g/mol. The van der Waals surface area contributed by atoms with Gasteiger partial charge in [-0.25, -0.2) is 11.9 Å². The monoisotopic (exact) mass is 109 g/mol. The van der Waals surface area contributed by atoms with E-state index in [0.29, 0.717) is 0 Å². The van der Waals surface area contributed by atoms with E-state index in [1.165, 1.54) is 0 Å². The molecule has 0 unspecified atom stereocenters. The second-order valence-electron chi connectivity index (χ2n) is 0. The van der Waals surface area contributed by atoms with E-state index >= 15 is 0 Å². The van der Waals surface area contributed by atoms with E-state index in [1.54, 1.807) is 0 Å². The first kappa shape index (κ1) is 17.9. The Bertz CT molecular complexity index is 6.00. The van der Waals surface area contributed by atoms with E-state index in [9.17, 15) is 0 Å². The molecule has 22 valence electrons. The molecule has 4 heteroatoms. The predicted molar refractivity (Wildman–Crippen MR) is 15.2 cm³/mol. The Kier molecular flexibility index (Phi) is 112. The summed E-state index contributed by atoms with van der Waals surface area (Å²) in [6, 6.07) is 0. The van der Waals surface area contributed by atoms with Crippen molar-refractivity contribution in [1.29, 1.82) is 0 Å². The molecule has 0 atom stereocenters. The molecule has 0 radical (unpaired) electrons. The summed E-state index contributed by atoms with van der Waals surface area (Å²) in [5.74, 6) is 0. The third kappa shape index (κ3) is 9.80. The number of hydrogen-bond donors (Lipinski definition) is 0. The van der Waals surface area contributed by atoms with Crippen molar-refractivity contribution in [1.82, 2.24) is 0 Å². The average molecular weight is 110 g/mol. The summed E-state index contributed by atoms with van der Waals surface area (Å²) in [5, 5.41) is 0. The molecule has 0 aliphatic heterocycles. The Labute approximate surface area is 59.2 Å². The molecule has 0 aliphatic rings. The molecule has 0 heterocycles. The summed E-state index contributed by atoms with van der Waals surface area (Å²) in [6.45, 7) is 0. The van der Waals surface area contributed by atoms with Gasteiger partial charge < -0.3 is 10.1 Å². The van der Waals surface area contributed by atoms with E-state index in [0.717, 1.165) is 0 Å². The van der Waals surface area contributed by atoms with Gasteiger partial charge in [-0.2, -0.15) is 0 Å². The van der Waals surface area contributed by atoms with Crippen molar-refractivity contribution in [3.8, 4) is 0 Å². The SMILES string of the molecule is O.[Ca+2].[O-]Cl. The van der Waals surface area contributed by atoms with Crippen LogP contribution in [0.2, 0.25) is 0 Å². The summed E-state index contributed by atoms with van der Waals surface area (Å²) >= 11 is 3.39. The second-order valence-corrected chi connectivity index (χ2v) is 0. The van der Waals surface area contributed by atoms with Gasteiger partial charge in [0, 0.05) is 0 Å². The van der Waals surface area contributed by atoms with E-state index in [-0.39, 0.29) is 43.2 Å². The zero-order valence-corrected chi connectivity index (χ0v) is 4.96. The van der Waals surface area contributed by atoms with Gasteiger partial charge in [0.15, 0.2) is 0 Å². The molecule has 0 saturated carbocycles. The first-order valence-electron chi connectivity index (χ1n) is 0.154. The summed E-state index contributed by atoms with van der Waals surface area (Å²) < 4.78 is 7.72. The van der Waals surface area contributed by atoms with Crippen LogP contribution >= 0.6 is 11.9 Å². The smallest absolute Gasteiger partial charge is 0.769 e. The molecule has 0 amide bonds. The van der Waals surface area contributed by atoms with Crippen LogP contribution in [-0.4, -0.2) is 43.2 Å². The predicted octanol–water partition coefficient (Wildman–Crippen LogP) is -1.71. The minimum atomic E-state index is 0. The molecule has 0 saturated heterocycles. The molecule has 2 nitrogen and oxygen atoms in total. The van der Waals surface area contributed by atoms with Gasteiger partial charge >= 0.3 is 37.7 Å². The van der Waals surface area contributed by atoms with Gasteiger partial charge in [0.05, 0.1) is 0 Å². The fourth-order valence-electron chi connectivity index (χ4n) is 0. The Hall–Kier alpha value is 1.47. The van der Waals surface area contributed by atoms with Gasteiger partial charge in [-0.15, -0.1) is 0 Å². The molecule has 0 aromatic carbocycles. The zero-order chi connectivity index (χ0) is 2.00. The van der Waals surface area contributed by atoms with Gasteiger partial charge in [-0.05, 0) is 0 Å². The molecule has 0 bridgehead atoms. The Morgan fingerprint density at radius 2 is 1.25 bits per heavy atom. The molecule has 0 fully saturated rings. The fourth-order valence-corrected chi connectivity index (χ4v) is 0. The van der Waals surface area contributed by atoms with Crippen molar-refractivity contribution in [2.24, 2.45) is 0 Å². The van der Waals surface area contributed by atoms with Crippen molar-refractivity contribution in [3.63, 3.8) is 0 Å². The van der Waals surface area contributed by atoms with Crippen LogP contribution in [0.3, 0.4) is 0 Å². The molecule has 2 N–H and O–H groups in total. The molecular formula is H2CaClO2+. The van der Waals surface area contributed by atoms with Crippen molar-refractivity contribution in [2.75, 3.05) is 0 Å². The maximum atomic E-state index is 7.72. The normalized spacial score (nSPS) is 1.50. The number of rotatable bonds is 0. The minimum Gasteiger partial charge on any atom is -0.769 e. The Morgan fingerprint density at radius 3 is 1.25 bits per heavy atom. The van der Waals surface area contributed by atoms with Gasteiger partial charge in [-0.1, -0.05) is 0 Å². The van der Waals surface area contributed by atoms with Crippen molar-refractivity contribution < 1.29 is 10.1 Å². The van der Waals surface area contributed by atoms with Crippen LogP contribution in [0, 0.1) is 0 Å². The van der Waals surface area contributed by atoms with Crippen molar-refractivity contribution in [3.05, 3.63) is 0 Å². The van der Waals surface area contributed by atoms with Crippen LogP contribution in [0.25, 0.3) is 0 Å². The van der Waals surface area contributed by atoms with E-state index in [1.807, 2.05) is 0 Å². The van der Waals surface area contributed by atoms with Gasteiger partial charge in [-0.3, -0.25) is 0 Å². The first-order chi connectivity index (χ1) is 1.00. The summed E-state index contributed by atoms with van der Waals surface area (Å²) in [4.78, 5) is 0. The van der Waals surface area contributed by atoms with Gasteiger partial charge in [0.1, 0.15) is 0 Å². The molecule has 0 aromatic heterocycles. The van der Waals surface area contributed by atoms with Crippen molar-refractivity contribution in [2.45, 2.75) is 0 Å². The zero-order valence-electron chi connectivity index (χ0n) is 1.99. The van der Waals surface area contributed by atoms with Crippen LogP contribution in [0.5, 0.6) is 0 Å². The quantitative estimate of drug-likeness (QED) is 0.342. The van der Waals surface area contributed by atoms with Gasteiger partial charge in [0.2, 0.25) is 0 Å². The van der Waals surface area contributed by atoms with Crippen LogP contribution in [-0.2, 0) is 0 Å². The molecule has 0 aliphatic carbocycles. The maximum absolute atomic E-state index is 7.72. The summed E-state index contributed by atoms with van der Waals surface area (Å²) in [7, 11) is 0. The van der Waals surface area contributed by atoms with E-state index in [4.69, 9.17) is 4.66 Å². The topological polar surface area (TPSA) is 54.6 Å². The first-order valence-corrected chi connectivity index (χ1v) is 0.463. The van der Waals surface area contributed by atoms with Crippen LogP contribution < -0.4 is 4.66 Å². The molecule has 0 spiro atoms. The van der Waals surface area contributed by atoms with Crippen LogP contribution in [0.1, 0.15) is 0 Å². The summed E-state index contributed by atoms with van der Waals surface area (Å²) in [6.07, 6.45) is 0. The molecule has 0 aromatic rings. The Balaban J connectivity index is -0.00000000500. The molecule has 4 heavy (non-hydrogen) atoms. The minimum absolute atomic E-state index is 0. The van der Waals surface area contributed by atoms with E-state index in [2.05, 4.69) is 11.9 Å². The van der Waals surface area contributed by atoms with Crippen LogP contribution in [0.4, 0.5) is 0 Å². The number of hydrogen-bond acceptors (Lipinski definition) is 1. The largest absolute Gasteiger partial charge is 2.00 e. The van der Waals surface area contributed by atoms with E-state index < -0.39 is 0 Å². The van der Waals surface area contributed by atoms with Crippen LogP contribution in [0.15, 0.2) is 0 Å². The second kappa shape index (κ2) is 24.9. The number of halogens is 1. The average Bonchev–Trinajstić information content (AvgIpc) is 1.00. The third-order valence-electron chi connectivity index (χ3n) is 0. The third-order valence-corrected chi connectivity index (χ3v) is 0. The standard InChI is InChI=1S/Ca.ClO.H2O/c;1-2;/h;;1H2/q+2;-1;. The summed E-state index contributed by atoms with van der Waals surface area (Å²) in [5.41, 5.74) is 0.